The summed E-state index contributed by atoms with van der Waals surface area (Å²) in [6.45, 7) is 3.53. The first kappa shape index (κ1) is 9.70. The highest BCUT2D eigenvalue weighted by molar-refractivity contribution is 7.89. The van der Waals surface area contributed by atoms with Crippen LogP contribution < -0.4 is 5.14 Å². The predicted octanol–water partition coefficient (Wildman–Crippen LogP) is 1.41. The molecule has 0 aliphatic carbocycles. The molecular formula is C7H11NO2S2. The third-order valence-electron chi connectivity index (χ3n) is 1.65. The molecule has 5 heteroatoms. The van der Waals surface area contributed by atoms with E-state index >= 15 is 0 Å². The Hall–Kier alpha value is -0.390. The van der Waals surface area contributed by atoms with Crippen LogP contribution in [0.1, 0.15) is 21.9 Å². The highest BCUT2D eigenvalue weighted by Gasteiger charge is 2.18. The van der Waals surface area contributed by atoms with Gasteiger partial charge in [-0.05, 0) is 26.0 Å². The second-order valence-electron chi connectivity index (χ2n) is 2.68. The van der Waals surface area contributed by atoms with Gasteiger partial charge >= 0.3 is 0 Å². The van der Waals surface area contributed by atoms with Crippen molar-refractivity contribution < 1.29 is 8.42 Å². The molecular weight excluding hydrogens is 194 g/mol. The Morgan fingerprint density at radius 2 is 2.08 bits per heavy atom. The van der Waals surface area contributed by atoms with Gasteiger partial charge in [0.05, 0.1) is 0 Å². The first-order valence-corrected chi connectivity index (χ1v) is 5.92. The molecule has 0 bridgehead atoms. The van der Waals surface area contributed by atoms with Gasteiger partial charge in [-0.15, -0.1) is 11.3 Å². The van der Waals surface area contributed by atoms with Crippen molar-refractivity contribution in [2.75, 3.05) is 0 Å². The first-order chi connectivity index (χ1) is 5.41. The molecule has 2 N–H and O–H groups in total. The average Bonchev–Trinajstić information content (AvgIpc) is 2.32. The molecule has 1 atom stereocenters. The van der Waals surface area contributed by atoms with Crippen LogP contribution >= 0.6 is 11.3 Å². The lowest BCUT2D eigenvalue weighted by Crippen LogP contribution is -2.18. The molecule has 0 saturated heterocycles. The maximum atomic E-state index is 10.9. The van der Waals surface area contributed by atoms with E-state index < -0.39 is 15.3 Å². The van der Waals surface area contributed by atoms with Crippen molar-refractivity contribution >= 4 is 21.4 Å². The summed E-state index contributed by atoms with van der Waals surface area (Å²) in [6, 6.07) is 3.69. The second-order valence-corrected chi connectivity index (χ2v) is 5.88. The number of rotatable bonds is 2. The van der Waals surface area contributed by atoms with E-state index in [1.165, 1.54) is 11.3 Å². The van der Waals surface area contributed by atoms with E-state index in [9.17, 15) is 8.42 Å². The van der Waals surface area contributed by atoms with Gasteiger partial charge in [-0.1, -0.05) is 0 Å². The molecule has 1 aromatic rings. The molecule has 0 saturated carbocycles. The molecule has 0 aromatic carbocycles. The lowest BCUT2D eigenvalue weighted by atomic mass is 10.4. The van der Waals surface area contributed by atoms with Crippen molar-refractivity contribution in [3.8, 4) is 0 Å². The Bertz CT molecular complexity index is 367. The van der Waals surface area contributed by atoms with Gasteiger partial charge in [0, 0.05) is 9.75 Å². The maximum absolute atomic E-state index is 10.9. The van der Waals surface area contributed by atoms with E-state index in [-0.39, 0.29) is 0 Å². The minimum atomic E-state index is -3.43. The highest BCUT2D eigenvalue weighted by Crippen LogP contribution is 2.26. The third kappa shape index (κ3) is 2.06. The van der Waals surface area contributed by atoms with Crippen LogP contribution in [0.5, 0.6) is 0 Å². The summed E-state index contributed by atoms with van der Waals surface area (Å²) < 4.78 is 21.9. The molecule has 1 rings (SSSR count). The molecule has 0 spiro atoms. The minimum absolute atomic E-state index is 0.587. The highest BCUT2D eigenvalue weighted by atomic mass is 32.2. The van der Waals surface area contributed by atoms with Crippen LogP contribution in [0, 0.1) is 6.92 Å². The molecule has 0 amide bonds. The first-order valence-electron chi connectivity index (χ1n) is 3.49. The van der Waals surface area contributed by atoms with Crippen LogP contribution in [-0.4, -0.2) is 8.42 Å². The van der Waals surface area contributed by atoms with Crippen molar-refractivity contribution in [3.63, 3.8) is 0 Å². The van der Waals surface area contributed by atoms with Crippen molar-refractivity contribution in [1.82, 2.24) is 0 Å². The summed E-state index contributed by atoms with van der Waals surface area (Å²) in [4.78, 5) is 1.90. The predicted molar refractivity (Wildman–Crippen MR) is 50.6 cm³/mol. The molecule has 0 radical (unpaired) electrons. The third-order valence-corrected chi connectivity index (χ3v) is 4.23. The molecule has 1 unspecified atom stereocenters. The van der Waals surface area contributed by atoms with Gasteiger partial charge in [0.2, 0.25) is 10.0 Å². The van der Waals surface area contributed by atoms with Gasteiger partial charge < -0.3 is 0 Å². The van der Waals surface area contributed by atoms with Crippen molar-refractivity contribution in [2.24, 2.45) is 5.14 Å². The summed E-state index contributed by atoms with van der Waals surface area (Å²) in [5.74, 6) is 0. The fourth-order valence-electron chi connectivity index (χ4n) is 0.834. The summed E-state index contributed by atoms with van der Waals surface area (Å²) in [5, 5.41) is 4.41. The molecule has 68 valence electrons. The van der Waals surface area contributed by atoms with E-state index in [0.717, 1.165) is 9.75 Å². The van der Waals surface area contributed by atoms with Gasteiger partial charge in [-0.25, -0.2) is 13.6 Å². The minimum Gasteiger partial charge on any atom is -0.228 e. The zero-order valence-corrected chi connectivity index (χ0v) is 8.58. The molecule has 3 nitrogen and oxygen atoms in total. The Labute approximate surface area is 76.3 Å². The standard InChI is InChI=1S/C7H11NO2S2/c1-5-3-4-7(11-5)6(2)12(8,9)10/h3-4,6H,1-2H3,(H2,8,9,10). The Morgan fingerprint density at radius 1 is 1.50 bits per heavy atom. The van der Waals surface area contributed by atoms with Gasteiger partial charge in [0.25, 0.3) is 0 Å². The van der Waals surface area contributed by atoms with Crippen molar-refractivity contribution in [2.45, 2.75) is 19.1 Å². The van der Waals surface area contributed by atoms with Crippen LogP contribution in [0.3, 0.4) is 0 Å². The molecule has 0 aliphatic heterocycles. The molecule has 1 heterocycles. The van der Waals surface area contributed by atoms with Gasteiger partial charge in [0.15, 0.2) is 0 Å². The smallest absolute Gasteiger partial charge is 0.216 e. The van der Waals surface area contributed by atoms with Crippen LogP contribution in [0.4, 0.5) is 0 Å². The number of hydrogen-bond acceptors (Lipinski definition) is 3. The van der Waals surface area contributed by atoms with E-state index in [1.54, 1.807) is 13.0 Å². The lowest BCUT2D eigenvalue weighted by Gasteiger charge is -2.04. The van der Waals surface area contributed by atoms with Crippen LogP contribution in [0.2, 0.25) is 0 Å². The summed E-state index contributed by atoms with van der Waals surface area (Å²) in [6.07, 6.45) is 0. The number of aryl methyl sites for hydroxylation is 1. The van der Waals surface area contributed by atoms with Crippen LogP contribution in [-0.2, 0) is 10.0 Å². The quantitative estimate of drug-likeness (QED) is 0.793. The Morgan fingerprint density at radius 3 is 2.42 bits per heavy atom. The molecule has 1 aromatic heterocycles. The Balaban J connectivity index is 3.01. The van der Waals surface area contributed by atoms with Crippen molar-refractivity contribution in [1.29, 1.82) is 0 Å². The zero-order valence-electron chi connectivity index (χ0n) is 6.94. The topological polar surface area (TPSA) is 60.2 Å². The number of sulfonamides is 1. The van der Waals surface area contributed by atoms with Gasteiger partial charge in [-0.2, -0.15) is 0 Å². The summed E-state index contributed by atoms with van der Waals surface area (Å²) in [5.41, 5.74) is 0. The monoisotopic (exact) mass is 205 g/mol. The fraction of sp³-hybridized carbons (Fsp3) is 0.429. The van der Waals surface area contributed by atoms with E-state index in [2.05, 4.69) is 0 Å². The Kier molecular flexibility index (Phi) is 2.55. The van der Waals surface area contributed by atoms with Crippen molar-refractivity contribution in [3.05, 3.63) is 21.9 Å². The van der Waals surface area contributed by atoms with Crippen LogP contribution in [0.25, 0.3) is 0 Å². The zero-order chi connectivity index (χ0) is 9.35. The van der Waals surface area contributed by atoms with E-state index in [0.29, 0.717) is 0 Å². The summed E-state index contributed by atoms with van der Waals surface area (Å²) in [7, 11) is -3.43. The van der Waals surface area contributed by atoms with Gasteiger partial charge in [0.1, 0.15) is 5.25 Å². The average molecular weight is 205 g/mol. The number of thiophene rings is 1. The molecule has 12 heavy (non-hydrogen) atoms. The maximum Gasteiger partial charge on any atom is 0.216 e. The van der Waals surface area contributed by atoms with Gasteiger partial charge in [-0.3, -0.25) is 0 Å². The lowest BCUT2D eigenvalue weighted by molar-refractivity contribution is 0.588. The number of primary sulfonamides is 1. The molecule has 0 aliphatic rings. The fourth-order valence-corrected chi connectivity index (χ4v) is 2.59. The molecule has 0 fully saturated rings. The van der Waals surface area contributed by atoms with E-state index in [4.69, 9.17) is 5.14 Å². The number of hydrogen-bond donors (Lipinski definition) is 1. The summed E-state index contributed by atoms with van der Waals surface area (Å²) >= 11 is 1.46. The second kappa shape index (κ2) is 3.16. The van der Waals surface area contributed by atoms with E-state index in [1.807, 2.05) is 13.0 Å². The normalized spacial score (nSPS) is 14.6. The number of nitrogens with two attached hydrogens (primary N) is 1. The van der Waals surface area contributed by atoms with Crippen LogP contribution in [0.15, 0.2) is 12.1 Å². The largest absolute Gasteiger partial charge is 0.228 e. The SMILES string of the molecule is Cc1ccc(C(C)S(N)(=O)=O)s1.